The van der Waals surface area contributed by atoms with Crippen molar-refractivity contribution < 1.29 is 4.79 Å². The fourth-order valence-corrected chi connectivity index (χ4v) is 5.47. The van der Waals surface area contributed by atoms with Gasteiger partial charge in [0.1, 0.15) is 5.65 Å². The second kappa shape index (κ2) is 11.8. The summed E-state index contributed by atoms with van der Waals surface area (Å²) in [6.45, 7) is 11.8. The predicted molar refractivity (Wildman–Crippen MR) is 172 cm³/mol. The highest BCUT2D eigenvalue weighted by atomic mass is 16.1. The van der Waals surface area contributed by atoms with E-state index in [1.54, 1.807) is 25.7 Å². The molecule has 2 aromatic heterocycles. The number of benzene rings is 2. The van der Waals surface area contributed by atoms with E-state index in [2.05, 4.69) is 75.1 Å². The van der Waals surface area contributed by atoms with Gasteiger partial charge in [0.05, 0.1) is 5.69 Å². The monoisotopic (exact) mass is 547 g/mol. The quantitative estimate of drug-likeness (QED) is 0.213. The zero-order chi connectivity index (χ0) is 29.1. The minimum Gasteiger partial charge on any atom is -0.404 e. The van der Waals surface area contributed by atoms with Crippen LogP contribution in [0.4, 0.5) is 11.4 Å². The van der Waals surface area contributed by atoms with Crippen LogP contribution in [0.1, 0.15) is 16.7 Å². The van der Waals surface area contributed by atoms with Crippen LogP contribution in [0.3, 0.4) is 0 Å². The topological polar surface area (TPSA) is 103 Å². The Kier molecular flexibility index (Phi) is 8.03. The minimum absolute atomic E-state index is 0.243. The van der Waals surface area contributed by atoms with E-state index in [0.29, 0.717) is 0 Å². The van der Waals surface area contributed by atoms with Crippen LogP contribution >= 0.6 is 0 Å². The maximum absolute atomic E-state index is 12.3. The van der Waals surface area contributed by atoms with Crippen LogP contribution in [0.5, 0.6) is 0 Å². The van der Waals surface area contributed by atoms with Gasteiger partial charge < -0.3 is 25.8 Å². The summed E-state index contributed by atoms with van der Waals surface area (Å²) in [7, 11) is 3.88. The summed E-state index contributed by atoms with van der Waals surface area (Å²) in [5.74, 6) is -0.243. The third-order valence-electron chi connectivity index (χ3n) is 7.83. The molecule has 210 valence electrons. The minimum atomic E-state index is -0.243. The van der Waals surface area contributed by atoms with Crippen molar-refractivity contribution in [2.45, 2.75) is 13.8 Å². The Labute approximate surface area is 241 Å². The van der Waals surface area contributed by atoms with E-state index in [9.17, 15) is 4.79 Å². The van der Waals surface area contributed by atoms with E-state index in [1.165, 1.54) is 11.8 Å². The molecule has 2 aromatic carbocycles. The molecule has 3 heterocycles. The summed E-state index contributed by atoms with van der Waals surface area (Å²) >= 11 is 0. The van der Waals surface area contributed by atoms with Crippen LogP contribution in [-0.4, -0.2) is 67.3 Å². The van der Waals surface area contributed by atoms with Crippen molar-refractivity contribution in [3.05, 3.63) is 84.2 Å². The molecule has 0 radical (unpaired) electrons. The van der Waals surface area contributed by atoms with Crippen LogP contribution in [0.2, 0.25) is 0 Å². The molecule has 1 fully saturated rings. The zero-order valence-corrected chi connectivity index (χ0v) is 24.2. The maximum Gasteiger partial charge on any atom is 0.247 e. The number of nitrogens with one attached hydrogen (secondary N) is 2. The van der Waals surface area contributed by atoms with Crippen molar-refractivity contribution in [3.63, 3.8) is 0 Å². The molecule has 1 saturated heterocycles. The number of aromatic amines is 1. The number of pyridine rings is 1. The molecule has 0 atom stereocenters. The van der Waals surface area contributed by atoms with Gasteiger partial charge in [0.15, 0.2) is 0 Å². The first-order valence-electron chi connectivity index (χ1n) is 13.8. The third-order valence-corrected chi connectivity index (χ3v) is 7.83. The second-order valence-corrected chi connectivity index (χ2v) is 10.5. The highest BCUT2D eigenvalue weighted by molar-refractivity contribution is 6.12. The van der Waals surface area contributed by atoms with Crippen molar-refractivity contribution in [2.75, 3.05) is 50.5 Å². The predicted octanol–water partition coefficient (Wildman–Crippen LogP) is 5.39. The van der Waals surface area contributed by atoms with E-state index in [4.69, 9.17) is 10.7 Å². The number of piperazine rings is 1. The second-order valence-electron chi connectivity index (χ2n) is 10.5. The van der Waals surface area contributed by atoms with Gasteiger partial charge in [0.2, 0.25) is 5.91 Å². The molecule has 0 saturated carbocycles. The highest BCUT2D eigenvalue weighted by Crippen LogP contribution is 2.42. The number of likely N-dealkylation sites (N-methyl/N-ethyl adjacent to an activating group) is 1. The van der Waals surface area contributed by atoms with E-state index in [-0.39, 0.29) is 5.91 Å². The van der Waals surface area contributed by atoms with Gasteiger partial charge in [-0.3, -0.25) is 9.79 Å². The molecule has 8 nitrogen and oxygen atoms in total. The number of carbonyl (C=O) groups is 1. The molecular weight excluding hydrogens is 510 g/mol. The molecule has 0 unspecified atom stereocenters. The molecule has 5 rings (SSSR count). The molecule has 4 aromatic rings. The van der Waals surface area contributed by atoms with Crippen LogP contribution < -0.4 is 16.0 Å². The molecular formula is C33H37N7O. The summed E-state index contributed by atoms with van der Waals surface area (Å²) in [4.78, 5) is 29.6. The number of hydrogen-bond donors (Lipinski definition) is 3. The third kappa shape index (κ3) is 5.51. The largest absolute Gasteiger partial charge is 0.404 e. The van der Waals surface area contributed by atoms with Gasteiger partial charge in [0.25, 0.3) is 0 Å². The Morgan fingerprint density at radius 3 is 2.51 bits per heavy atom. The summed E-state index contributed by atoms with van der Waals surface area (Å²) in [5.41, 5.74) is 16.3. The smallest absolute Gasteiger partial charge is 0.247 e. The summed E-state index contributed by atoms with van der Waals surface area (Å²) in [6, 6.07) is 15.0. The normalized spacial score (nSPS) is 14.6. The van der Waals surface area contributed by atoms with Gasteiger partial charge in [-0.15, -0.1) is 0 Å². The number of amides is 1. The molecule has 41 heavy (non-hydrogen) atoms. The number of carbonyl (C=O) groups excluding carboxylic acids is 1. The van der Waals surface area contributed by atoms with Gasteiger partial charge in [-0.1, -0.05) is 30.8 Å². The lowest BCUT2D eigenvalue weighted by Gasteiger charge is -2.34. The van der Waals surface area contributed by atoms with Crippen LogP contribution in [-0.2, 0) is 4.79 Å². The Bertz CT molecular complexity index is 1660. The van der Waals surface area contributed by atoms with E-state index >= 15 is 0 Å². The number of H-pyrrole nitrogens is 1. The Hall–Kier alpha value is -4.69. The van der Waals surface area contributed by atoms with Crippen LogP contribution in [0.25, 0.3) is 39.0 Å². The number of allylic oxidation sites excluding steroid dienone is 1. The van der Waals surface area contributed by atoms with Gasteiger partial charge >= 0.3 is 0 Å². The number of hydrogen-bond acceptors (Lipinski definition) is 6. The lowest BCUT2D eigenvalue weighted by Crippen LogP contribution is -2.44. The van der Waals surface area contributed by atoms with Gasteiger partial charge in [-0.25, -0.2) is 4.98 Å². The molecule has 0 spiro atoms. The fraction of sp³-hybridized carbons (Fsp3) is 0.242. The number of aliphatic imine (C=N–C) groups is 1. The molecule has 8 heteroatoms. The molecule has 1 amide bonds. The lowest BCUT2D eigenvalue weighted by atomic mass is 9.92. The van der Waals surface area contributed by atoms with Crippen molar-refractivity contribution >= 4 is 40.1 Å². The highest BCUT2D eigenvalue weighted by Gasteiger charge is 2.21. The van der Waals surface area contributed by atoms with Crippen LogP contribution in [0, 0.1) is 13.8 Å². The van der Waals surface area contributed by atoms with Crippen LogP contribution in [0.15, 0.2) is 72.5 Å². The van der Waals surface area contributed by atoms with Crippen molar-refractivity contribution in [2.24, 2.45) is 10.7 Å². The average molecular weight is 548 g/mol. The molecule has 1 aliphatic heterocycles. The molecule has 4 N–H and O–H groups in total. The van der Waals surface area contributed by atoms with Gasteiger partial charge in [0, 0.05) is 85.3 Å². The molecule has 0 bridgehead atoms. The molecule has 1 aliphatic rings. The number of rotatable bonds is 7. The number of aryl methyl sites for hydroxylation is 1. The first kappa shape index (κ1) is 27.9. The van der Waals surface area contributed by atoms with Crippen molar-refractivity contribution in [3.8, 4) is 22.4 Å². The Morgan fingerprint density at radius 1 is 1.12 bits per heavy atom. The maximum atomic E-state index is 12.3. The van der Waals surface area contributed by atoms with Gasteiger partial charge in [-0.05, 0) is 67.4 Å². The number of nitrogens with zero attached hydrogens (tertiary/aromatic N) is 4. The SMILES string of the molecule is C=CC(=O)Nc1c(C)ccc(-c2c(-c3ccc(N4CCN(C)CC4)cc3)[nH]c3ncc(/C(C=NC)=C/N)cc23)c1C. The average Bonchev–Trinajstić information content (AvgIpc) is 3.37. The number of fused-ring (bicyclic) bond motifs is 1. The number of anilines is 2. The first-order chi connectivity index (χ1) is 19.8. The summed E-state index contributed by atoms with van der Waals surface area (Å²) in [5, 5.41) is 3.96. The molecule has 0 aliphatic carbocycles. The van der Waals surface area contributed by atoms with E-state index in [0.717, 1.165) is 87.5 Å². The van der Waals surface area contributed by atoms with Crippen molar-refractivity contribution in [1.82, 2.24) is 14.9 Å². The van der Waals surface area contributed by atoms with E-state index < -0.39 is 0 Å². The fourth-order valence-electron chi connectivity index (χ4n) is 5.47. The summed E-state index contributed by atoms with van der Waals surface area (Å²) in [6.07, 6.45) is 6.37. The number of aromatic nitrogens is 2. The lowest BCUT2D eigenvalue weighted by molar-refractivity contribution is -0.111. The standard InChI is InChI=1S/C33H37N7O/c1-6-29(41)37-31-21(2)7-12-27(22(31)3)30-28-17-24(25(18-34)19-35-4)20-36-33(28)38-32(30)23-8-10-26(11-9-23)40-15-13-39(5)14-16-40/h6-12,17-20H,1,13-16,34H2,2-5H3,(H,36,38)(H,37,41)/b25-18+,35-19?. The van der Waals surface area contributed by atoms with Gasteiger partial charge in [-0.2, -0.15) is 0 Å². The van der Waals surface area contributed by atoms with E-state index in [1.807, 2.05) is 19.9 Å². The summed E-state index contributed by atoms with van der Waals surface area (Å²) < 4.78 is 0. The Balaban J connectivity index is 1.69. The first-order valence-corrected chi connectivity index (χ1v) is 13.8. The zero-order valence-electron chi connectivity index (χ0n) is 24.2. The van der Waals surface area contributed by atoms with Crippen molar-refractivity contribution in [1.29, 1.82) is 0 Å². The Morgan fingerprint density at radius 2 is 1.85 bits per heavy atom. The number of nitrogens with two attached hydrogens (primary N) is 1.